The van der Waals surface area contributed by atoms with Crippen LogP contribution in [-0.2, 0) is 0 Å². The summed E-state index contributed by atoms with van der Waals surface area (Å²) in [6.45, 7) is 0. The number of ether oxygens (including phenoxy) is 1. The highest BCUT2D eigenvalue weighted by atomic mass is 16.5. The van der Waals surface area contributed by atoms with E-state index >= 15 is 0 Å². The molecule has 0 saturated carbocycles. The van der Waals surface area contributed by atoms with E-state index in [-0.39, 0.29) is 0 Å². The summed E-state index contributed by atoms with van der Waals surface area (Å²) in [7, 11) is 0. The molecule has 0 saturated heterocycles. The Hall–Kier alpha value is -7.95. The molecule has 0 fully saturated rings. The Morgan fingerprint density at radius 1 is 0.288 bits per heavy atom. The van der Waals surface area contributed by atoms with Crippen molar-refractivity contribution in [3.8, 4) is 101 Å². The van der Waals surface area contributed by atoms with Gasteiger partial charge in [-0.1, -0.05) is 194 Å². The number of hydrogen-bond donors (Lipinski definition) is 0. The van der Waals surface area contributed by atoms with Gasteiger partial charge in [0, 0.05) is 33.2 Å². The second-order valence-corrected chi connectivity index (χ2v) is 14.7. The summed E-state index contributed by atoms with van der Waals surface area (Å²) in [6.07, 6.45) is 0. The molecule has 0 amide bonds. The van der Waals surface area contributed by atoms with Gasteiger partial charge in [-0.2, -0.15) is 0 Å². The minimum atomic E-state index is 0.620. The summed E-state index contributed by atoms with van der Waals surface area (Å²) in [5.74, 6) is 3.63. The van der Waals surface area contributed by atoms with Crippen LogP contribution in [0.3, 0.4) is 0 Å². The van der Waals surface area contributed by atoms with Crippen molar-refractivity contribution in [3.05, 3.63) is 212 Å². The number of aromatic nitrogens is 3. The van der Waals surface area contributed by atoms with Gasteiger partial charge in [0.15, 0.2) is 17.5 Å². The van der Waals surface area contributed by atoms with Gasteiger partial charge in [0.05, 0.1) is 0 Å². The van der Waals surface area contributed by atoms with E-state index in [2.05, 4.69) is 152 Å². The van der Waals surface area contributed by atoms with Gasteiger partial charge in [-0.25, -0.2) is 15.0 Å². The predicted octanol–water partition coefficient (Wildman–Crippen LogP) is 14.5. The van der Waals surface area contributed by atoms with Crippen LogP contribution < -0.4 is 4.74 Å². The molecular weight excluding hydrogens is 719 g/mol. The van der Waals surface area contributed by atoms with E-state index in [1.54, 1.807) is 0 Å². The van der Waals surface area contributed by atoms with Crippen LogP contribution >= 0.6 is 0 Å². The lowest BCUT2D eigenvalue weighted by Gasteiger charge is -2.25. The standard InChI is InChI=1S/C55H35N3O/c1-5-16-36(17-6-1)43-34-47(37-30-32-42(33-31-37)55-57-53(40-20-9-3-10-21-40)56-54(58-55)41-22-11-4-12-23-41)50(38-18-7-2-8-19-38)48(35-43)46-28-15-27-45-44-26-13-24-39-25-14-29-49(51(39)44)59-52(45)46/h1-35H. The van der Waals surface area contributed by atoms with Crippen LogP contribution in [-0.4, -0.2) is 15.0 Å². The van der Waals surface area contributed by atoms with Crippen molar-refractivity contribution in [1.29, 1.82) is 0 Å². The van der Waals surface area contributed by atoms with Crippen LogP contribution in [0.25, 0.3) is 101 Å². The molecule has 4 nitrogen and oxygen atoms in total. The monoisotopic (exact) mass is 753 g/mol. The SMILES string of the molecule is c1ccc(-c2cc(-c3ccc(-c4nc(-c5ccccc5)nc(-c5ccccc5)n4)cc3)c(-c3ccccc3)c(-c3cccc4c3Oc3cccc5cccc-4c35)c2)cc1. The summed E-state index contributed by atoms with van der Waals surface area (Å²) in [6, 6.07) is 74.1. The molecule has 9 aromatic carbocycles. The molecule has 276 valence electrons. The van der Waals surface area contributed by atoms with Gasteiger partial charge in [-0.3, -0.25) is 0 Å². The average molecular weight is 754 g/mol. The Morgan fingerprint density at radius 2 is 0.729 bits per heavy atom. The first-order chi connectivity index (χ1) is 29.2. The first kappa shape index (κ1) is 34.3. The number of benzene rings is 9. The topological polar surface area (TPSA) is 47.9 Å². The molecule has 0 spiro atoms. The van der Waals surface area contributed by atoms with Crippen LogP contribution in [0, 0.1) is 0 Å². The minimum absolute atomic E-state index is 0.620. The maximum Gasteiger partial charge on any atom is 0.164 e. The van der Waals surface area contributed by atoms with Crippen molar-refractivity contribution in [2.24, 2.45) is 0 Å². The Morgan fingerprint density at radius 3 is 1.32 bits per heavy atom. The summed E-state index contributed by atoms with van der Waals surface area (Å²) >= 11 is 0. The van der Waals surface area contributed by atoms with E-state index < -0.39 is 0 Å². The molecule has 4 heteroatoms. The highest BCUT2D eigenvalue weighted by Crippen LogP contribution is 2.53. The second-order valence-electron chi connectivity index (χ2n) is 14.7. The third-order valence-electron chi connectivity index (χ3n) is 11.1. The van der Waals surface area contributed by atoms with Gasteiger partial charge in [-0.05, 0) is 68.1 Å². The molecule has 59 heavy (non-hydrogen) atoms. The van der Waals surface area contributed by atoms with Crippen molar-refractivity contribution in [2.45, 2.75) is 0 Å². The first-order valence-electron chi connectivity index (χ1n) is 19.9. The normalized spacial score (nSPS) is 11.5. The molecule has 0 atom stereocenters. The lowest BCUT2D eigenvalue weighted by atomic mass is 9.83. The van der Waals surface area contributed by atoms with Crippen molar-refractivity contribution < 1.29 is 4.74 Å². The van der Waals surface area contributed by atoms with Crippen LogP contribution in [0.15, 0.2) is 212 Å². The number of rotatable bonds is 7. The molecule has 0 aliphatic carbocycles. The van der Waals surface area contributed by atoms with E-state index in [9.17, 15) is 0 Å². The van der Waals surface area contributed by atoms with Crippen LogP contribution in [0.4, 0.5) is 0 Å². The zero-order chi connectivity index (χ0) is 39.1. The second kappa shape index (κ2) is 14.5. The molecule has 0 bridgehead atoms. The number of para-hydroxylation sites is 1. The first-order valence-corrected chi connectivity index (χ1v) is 19.9. The fourth-order valence-corrected chi connectivity index (χ4v) is 8.33. The Balaban J connectivity index is 1.12. The fraction of sp³-hybridized carbons (Fsp3) is 0. The summed E-state index contributed by atoms with van der Waals surface area (Å²) < 4.78 is 6.95. The predicted molar refractivity (Wildman–Crippen MR) is 241 cm³/mol. The minimum Gasteiger partial charge on any atom is -0.455 e. The Kier molecular flexibility index (Phi) is 8.45. The molecule has 1 aromatic heterocycles. The largest absolute Gasteiger partial charge is 0.455 e. The maximum atomic E-state index is 6.95. The molecule has 0 radical (unpaired) electrons. The molecular formula is C55H35N3O. The molecule has 0 unspecified atom stereocenters. The van der Waals surface area contributed by atoms with Gasteiger partial charge < -0.3 is 4.74 Å². The van der Waals surface area contributed by atoms with Gasteiger partial charge in [0.2, 0.25) is 0 Å². The maximum absolute atomic E-state index is 6.95. The van der Waals surface area contributed by atoms with E-state index in [0.717, 1.165) is 83.6 Å². The van der Waals surface area contributed by atoms with Crippen molar-refractivity contribution in [3.63, 3.8) is 0 Å². The molecule has 10 aromatic rings. The van der Waals surface area contributed by atoms with E-state index in [0.29, 0.717) is 17.5 Å². The highest BCUT2D eigenvalue weighted by molar-refractivity contribution is 6.07. The van der Waals surface area contributed by atoms with E-state index in [1.807, 2.05) is 60.7 Å². The Bertz CT molecular complexity index is 3090. The number of hydrogen-bond acceptors (Lipinski definition) is 4. The van der Waals surface area contributed by atoms with Crippen molar-refractivity contribution >= 4 is 10.8 Å². The molecule has 1 aliphatic rings. The van der Waals surface area contributed by atoms with Crippen molar-refractivity contribution in [1.82, 2.24) is 15.0 Å². The smallest absolute Gasteiger partial charge is 0.164 e. The van der Waals surface area contributed by atoms with Crippen LogP contribution in [0.1, 0.15) is 0 Å². The van der Waals surface area contributed by atoms with E-state index in [4.69, 9.17) is 19.7 Å². The third-order valence-corrected chi connectivity index (χ3v) is 11.1. The molecule has 2 heterocycles. The quantitative estimate of drug-likeness (QED) is 0.163. The summed E-state index contributed by atoms with van der Waals surface area (Å²) in [4.78, 5) is 14.9. The molecule has 0 N–H and O–H groups in total. The lowest BCUT2D eigenvalue weighted by Crippen LogP contribution is -2.01. The van der Waals surface area contributed by atoms with Crippen LogP contribution in [0.5, 0.6) is 11.5 Å². The van der Waals surface area contributed by atoms with Gasteiger partial charge >= 0.3 is 0 Å². The third kappa shape index (κ3) is 6.24. The van der Waals surface area contributed by atoms with Gasteiger partial charge in [0.25, 0.3) is 0 Å². The zero-order valence-electron chi connectivity index (χ0n) is 32.0. The lowest BCUT2D eigenvalue weighted by molar-refractivity contribution is 0.489. The summed E-state index contributed by atoms with van der Waals surface area (Å²) in [5.41, 5.74) is 13.9. The molecule has 1 aliphatic heterocycles. The summed E-state index contributed by atoms with van der Waals surface area (Å²) in [5, 5.41) is 2.31. The highest BCUT2D eigenvalue weighted by Gasteiger charge is 2.26. The Labute approximate surface area is 342 Å². The fourth-order valence-electron chi connectivity index (χ4n) is 8.33. The number of nitrogens with zero attached hydrogens (tertiary/aromatic N) is 3. The van der Waals surface area contributed by atoms with Gasteiger partial charge in [0.1, 0.15) is 11.5 Å². The van der Waals surface area contributed by atoms with E-state index in [1.165, 1.54) is 10.9 Å². The van der Waals surface area contributed by atoms with Gasteiger partial charge in [-0.15, -0.1) is 0 Å². The molecule has 11 rings (SSSR count). The average Bonchev–Trinajstić information content (AvgIpc) is 3.32. The zero-order valence-corrected chi connectivity index (χ0v) is 32.0. The number of fused-ring (bicyclic) bond motifs is 2. The van der Waals surface area contributed by atoms with Crippen molar-refractivity contribution in [2.75, 3.05) is 0 Å². The van der Waals surface area contributed by atoms with Crippen LogP contribution in [0.2, 0.25) is 0 Å².